The second kappa shape index (κ2) is 4.88. The number of nitrogens with zero attached hydrogens (tertiary/aromatic N) is 1. The fourth-order valence-electron chi connectivity index (χ4n) is 1.38. The van der Waals surface area contributed by atoms with Crippen LogP contribution in [0.5, 0.6) is 0 Å². The molecule has 1 atom stereocenters. The van der Waals surface area contributed by atoms with E-state index in [0.29, 0.717) is 5.92 Å². The minimum absolute atomic E-state index is 0.538. The quantitative estimate of drug-likeness (QED) is 0.738. The number of hydrogen-bond donors (Lipinski definition) is 1. The zero-order chi connectivity index (χ0) is 8.81. The molecule has 12 heavy (non-hydrogen) atoms. The lowest BCUT2D eigenvalue weighted by Crippen LogP contribution is -2.07. The highest BCUT2D eigenvalue weighted by atomic mass is 14.7. The van der Waals surface area contributed by atoms with Crippen LogP contribution in [0, 0.1) is 0 Å². The van der Waals surface area contributed by atoms with Crippen LogP contribution in [0.2, 0.25) is 0 Å². The van der Waals surface area contributed by atoms with Gasteiger partial charge in [0.25, 0.3) is 0 Å². The molecule has 0 aliphatic heterocycles. The predicted octanol–water partition coefficient (Wildman–Crippen LogP) is 1.92. The van der Waals surface area contributed by atoms with Crippen molar-refractivity contribution in [3.63, 3.8) is 0 Å². The first-order chi connectivity index (χ1) is 5.88. The molecule has 0 fully saturated rings. The summed E-state index contributed by atoms with van der Waals surface area (Å²) in [5, 5.41) is 0. The number of aromatic nitrogens is 1. The van der Waals surface area contributed by atoms with Crippen LogP contribution >= 0.6 is 0 Å². The summed E-state index contributed by atoms with van der Waals surface area (Å²) in [6, 6.07) is 6.05. The Morgan fingerprint density at radius 2 is 2.33 bits per heavy atom. The van der Waals surface area contributed by atoms with E-state index in [0.717, 1.165) is 19.4 Å². The molecule has 1 aromatic rings. The summed E-state index contributed by atoms with van der Waals surface area (Å²) < 4.78 is 0. The van der Waals surface area contributed by atoms with Crippen molar-refractivity contribution >= 4 is 0 Å². The Labute approximate surface area is 73.8 Å². The largest absolute Gasteiger partial charge is 0.330 e. The zero-order valence-electron chi connectivity index (χ0n) is 7.53. The molecule has 1 aromatic heterocycles. The SMILES string of the molecule is CCC(CCN)c1ccccn1. The topological polar surface area (TPSA) is 38.9 Å². The third-order valence-corrected chi connectivity index (χ3v) is 2.11. The van der Waals surface area contributed by atoms with Crippen LogP contribution in [0.25, 0.3) is 0 Å². The molecule has 2 heteroatoms. The van der Waals surface area contributed by atoms with E-state index in [1.54, 1.807) is 0 Å². The standard InChI is InChI=1S/C10H16N2/c1-2-9(6-7-11)10-5-3-4-8-12-10/h3-5,8-9H,2,6-7,11H2,1H3. The maximum Gasteiger partial charge on any atom is 0.0434 e. The van der Waals surface area contributed by atoms with Crippen LogP contribution in [0.15, 0.2) is 24.4 Å². The minimum Gasteiger partial charge on any atom is -0.330 e. The second-order valence-corrected chi connectivity index (χ2v) is 2.94. The summed E-state index contributed by atoms with van der Waals surface area (Å²) >= 11 is 0. The van der Waals surface area contributed by atoms with Gasteiger partial charge < -0.3 is 5.73 Å². The van der Waals surface area contributed by atoms with Gasteiger partial charge in [-0.1, -0.05) is 13.0 Å². The zero-order valence-corrected chi connectivity index (χ0v) is 7.53. The van der Waals surface area contributed by atoms with Crippen LogP contribution in [-0.2, 0) is 0 Å². The lowest BCUT2D eigenvalue weighted by atomic mass is 9.98. The number of pyridine rings is 1. The van der Waals surface area contributed by atoms with Crippen LogP contribution in [0.3, 0.4) is 0 Å². The van der Waals surface area contributed by atoms with E-state index < -0.39 is 0 Å². The molecule has 0 aliphatic carbocycles. The van der Waals surface area contributed by atoms with Gasteiger partial charge in [0, 0.05) is 17.8 Å². The van der Waals surface area contributed by atoms with E-state index in [-0.39, 0.29) is 0 Å². The van der Waals surface area contributed by atoms with Gasteiger partial charge in [-0.25, -0.2) is 0 Å². The first-order valence-electron chi connectivity index (χ1n) is 4.49. The molecule has 2 N–H and O–H groups in total. The Balaban J connectivity index is 2.66. The van der Waals surface area contributed by atoms with E-state index >= 15 is 0 Å². The van der Waals surface area contributed by atoms with Gasteiger partial charge in [0.1, 0.15) is 0 Å². The fraction of sp³-hybridized carbons (Fsp3) is 0.500. The number of rotatable bonds is 4. The highest BCUT2D eigenvalue weighted by molar-refractivity contribution is 5.09. The van der Waals surface area contributed by atoms with E-state index in [9.17, 15) is 0 Å². The van der Waals surface area contributed by atoms with E-state index in [2.05, 4.69) is 18.0 Å². The molecule has 2 nitrogen and oxygen atoms in total. The molecule has 1 unspecified atom stereocenters. The Bertz CT molecular complexity index is 208. The van der Waals surface area contributed by atoms with Crippen LogP contribution in [0.4, 0.5) is 0 Å². The van der Waals surface area contributed by atoms with Gasteiger partial charge in [0.2, 0.25) is 0 Å². The fourth-order valence-corrected chi connectivity index (χ4v) is 1.38. The highest BCUT2D eigenvalue weighted by Crippen LogP contribution is 2.19. The normalized spacial score (nSPS) is 12.8. The van der Waals surface area contributed by atoms with Crippen molar-refractivity contribution in [3.8, 4) is 0 Å². The minimum atomic E-state index is 0.538. The Morgan fingerprint density at radius 3 is 2.83 bits per heavy atom. The molecule has 0 amide bonds. The maximum absolute atomic E-state index is 5.51. The van der Waals surface area contributed by atoms with E-state index in [4.69, 9.17) is 5.73 Å². The Morgan fingerprint density at radius 1 is 1.50 bits per heavy atom. The molecule has 0 radical (unpaired) electrons. The lowest BCUT2D eigenvalue weighted by molar-refractivity contribution is 0.598. The molecular formula is C10H16N2. The van der Waals surface area contributed by atoms with Gasteiger partial charge >= 0.3 is 0 Å². The van der Waals surface area contributed by atoms with Gasteiger partial charge in [-0.3, -0.25) is 4.98 Å². The molecule has 0 bridgehead atoms. The summed E-state index contributed by atoms with van der Waals surface area (Å²) in [6.07, 6.45) is 4.00. The third-order valence-electron chi connectivity index (χ3n) is 2.11. The molecule has 0 spiro atoms. The monoisotopic (exact) mass is 164 g/mol. The first-order valence-corrected chi connectivity index (χ1v) is 4.49. The average molecular weight is 164 g/mol. The number of nitrogens with two attached hydrogens (primary N) is 1. The summed E-state index contributed by atoms with van der Waals surface area (Å²) in [5.41, 5.74) is 6.69. The summed E-state index contributed by atoms with van der Waals surface area (Å²) in [7, 11) is 0. The van der Waals surface area contributed by atoms with Gasteiger partial charge in [0.15, 0.2) is 0 Å². The Hall–Kier alpha value is -0.890. The maximum atomic E-state index is 5.51. The van der Waals surface area contributed by atoms with E-state index in [1.165, 1.54) is 5.69 Å². The molecule has 0 saturated heterocycles. The second-order valence-electron chi connectivity index (χ2n) is 2.94. The highest BCUT2D eigenvalue weighted by Gasteiger charge is 2.07. The molecule has 66 valence electrons. The van der Waals surface area contributed by atoms with Gasteiger partial charge in [-0.15, -0.1) is 0 Å². The molecule has 1 heterocycles. The smallest absolute Gasteiger partial charge is 0.0434 e. The van der Waals surface area contributed by atoms with Crippen molar-refractivity contribution in [3.05, 3.63) is 30.1 Å². The van der Waals surface area contributed by atoms with Crippen LogP contribution in [0.1, 0.15) is 31.4 Å². The van der Waals surface area contributed by atoms with E-state index in [1.807, 2.05) is 18.3 Å². The van der Waals surface area contributed by atoms with Crippen molar-refractivity contribution in [2.75, 3.05) is 6.54 Å². The van der Waals surface area contributed by atoms with Gasteiger partial charge in [-0.2, -0.15) is 0 Å². The predicted molar refractivity (Wildman–Crippen MR) is 50.9 cm³/mol. The van der Waals surface area contributed by atoms with Crippen molar-refractivity contribution in [1.29, 1.82) is 0 Å². The van der Waals surface area contributed by atoms with Crippen molar-refractivity contribution < 1.29 is 0 Å². The van der Waals surface area contributed by atoms with Crippen molar-refractivity contribution in [2.45, 2.75) is 25.7 Å². The number of hydrogen-bond acceptors (Lipinski definition) is 2. The first kappa shape index (κ1) is 9.20. The van der Waals surface area contributed by atoms with Crippen LogP contribution in [-0.4, -0.2) is 11.5 Å². The molecule has 0 aliphatic rings. The van der Waals surface area contributed by atoms with Gasteiger partial charge in [-0.05, 0) is 31.5 Å². The summed E-state index contributed by atoms with van der Waals surface area (Å²) in [4.78, 5) is 4.31. The molecular weight excluding hydrogens is 148 g/mol. The van der Waals surface area contributed by atoms with Gasteiger partial charge in [0.05, 0.1) is 0 Å². The summed E-state index contributed by atoms with van der Waals surface area (Å²) in [5.74, 6) is 0.538. The lowest BCUT2D eigenvalue weighted by Gasteiger charge is -2.11. The third kappa shape index (κ3) is 2.31. The Kier molecular flexibility index (Phi) is 3.74. The molecule has 1 rings (SSSR count). The van der Waals surface area contributed by atoms with Crippen LogP contribution < -0.4 is 5.73 Å². The van der Waals surface area contributed by atoms with Crippen molar-refractivity contribution in [2.24, 2.45) is 5.73 Å². The average Bonchev–Trinajstić information content (AvgIpc) is 2.15. The van der Waals surface area contributed by atoms with Crippen molar-refractivity contribution in [1.82, 2.24) is 4.98 Å². The molecule has 0 aromatic carbocycles. The summed E-state index contributed by atoms with van der Waals surface area (Å²) in [6.45, 7) is 2.92. The molecule has 0 saturated carbocycles.